The molecule has 6 heteroatoms. The summed E-state index contributed by atoms with van der Waals surface area (Å²) >= 11 is 7.15. The van der Waals surface area contributed by atoms with Gasteiger partial charge in [0.1, 0.15) is 5.82 Å². The van der Waals surface area contributed by atoms with Gasteiger partial charge in [0.05, 0.1) is 29.7 Å². The molecule has 2 aromatic rings. The van der Waals surface area contributed by atoms with Crippen molar-refractivity contribution in [1.29, 1.82) is 0 Å². The molecule has 16 heavy (non-hydrogen) atoms. The van der Waals surface area contributed by atoms with Crippen LogP contribution in [0.25, 0.3) is 0 Å². The molecule has 1 aromatic heterocycles. The number of nitrogens with zero attached hydrogens (tertiary/aromatic N) is 2. The van der Waals surface area contributed by atoms with Gasteiger partial charge >= 0.3 is 0 Å². The lowest BCUT2D eigenvalue weighted by Crippen LogP contribution is -2.18. The Morgan fingerprint density at radius 1 is 1.50 bits per heavy atom. The monoisotopic (exact) mass is 257 g/mol. The molecule has 1 heterocycles. The van der Waals surface area contributed by atoms with Gasteiger partial charge in [0.2, 0.25) is 0 Å². The molecule has 0 aliphatic carbocycles. The topological polar surface area (TPSA) is 37.8 Å². The van der Waals surface area contributed by atoms with Crippen LogP contribution in [0.15, 0.2) is 24.4 Å². The first-order valence-corrected chi connectivity index (χ1v) is 5.73. The van der Waals surface area contributed by atoms with Gasteiger partial charge in [-0.15, -0.1) is 0 Å². The van der Waals surface area contributed by atoms with Gasteiger partial charge < -0.3 is 5.32 Å². The van der Waals surface area contributed by atoms with Crippen LogP contribution in [0.4, 0.5) is 4.39 Å². The van der Waals surface area contributed by atoms with Gasteiger partial charge in [0, 0.05) is 5.02 Å². The number of halogens is 2. The highest BCUT2D eigenvalue weighted by Gasteiger charge is 2.18. The standard InChI is InChI=1S/C10H9ClFN3S/c1-13-10(9-5-14-16-15-9)7-4-6(12)2-3-8(7)11/h2-5,10,13H,1H3. The van der Waals surface area contributed by atoms with Crippen LogP contribution in [-0.4, -0.2) is 15.8 Å². The summed E-state index contributed by atoms with van der Waals surface area (Å²) in [7, 11) is 1.77. The fraction of sp³-hybridized carbons (Fsp3) is 0.200. The Labute approximate surface area is 102 Å². The molecular formula is C10H9ClFN3S. The molecule has 0 fully saturated rings. The largest absolute Gasteiger partial charge is 0.308 e. The maximum atomic E-state index is 13.2. The molecule has 2 rings (SSSR count). The number of benzene rings is 1. The Morgan fingerprint density at radius 3 is 2.94 bits per heavy atom. The normalized spacial score (nSPS) is 12.7. The molecule has 0 amide bonds. The molecule has 84 valence electrons. The van der Waals surface area contributed by atoms with Crippen molar-refractivity contribution in [1.82, 2.24) is 14.1 Å². The first-order valence-electron chi connectivity index (χ1n) is 4.62. The minimum atomic E-state index is -0.317. The van der Waals surface area contributed by atoms with E-state index in [0.29, 0.717) is 10.6 Å². The van der Waals surface area contributed by atoms with Crippen LogP contribution in [0.2, 0.25) is 5.02 Å². The second kappa shape index (κ2) is 4.86. The Balaban J connectivity index is 2.44. The molecule has 1 aromatic carbocycles. The van der Waals surface area contributed by atoms with Gasteiger partial charge in [-0.25, -0.2) is 4.39 Å². The lowest BCUT2D eigenvalue weighted by molar-refractivity contribution is 0.615. The highest BCUT2D eigenvalue weighted by Crippen LogP contribution is 2.27. The van der Waals surface area contributed by atoms with Gasteiger partial charge in [-0.05, 0) is 30.8 Å². The number of nitrogens with one attached hydrogen (secondary N) is 1. The lowest BCUT2D eigenvalue weighted by Gasteiger charge is -2.15. The van der Waals surface area contributed by atoms with Crippen LogP contribution in [0.1, 0.15) is 17.3 Å². The van der Waals surface area contributed by atoms with Gasteiger partial charge in [-0.3, -0.25) is 0 Å². The van der Waals surface area contributed by atoms with E-state index in [1.54, 1.807) is 13.2 Å². The third-order valence-corrected chi connectivity index (χ3v) is 3.07. The van der Waals surface area contributed by atoms with E-state index in [1.807, 2.05) is 0 Å². The predicted octanol–water partition coefficient (Wildman–Crippen LogP) is 2.64. The van der Waals surface area contributed by atoms with Gasteiger partial charge in [0.25, 0.3) is 0 Å². The van der Waals surface area contributed by atoms with E-state index in [9.17, 15) is 4.39 Å². The summed E-state index contributed by atoms with van der Waals surface area (Å²) < 4.78 is 21.2. The molecule has 1 unspecified atom stereocenters. The fourth-order valence-electron chi connectivity index (χ4n) is 1.50. The van der Waals surface area contributed by atoms with Crippen molar-refractivity contribution < 1.29 is 4.39 Å². The summed E-state index contributed by atoms with van der Waals surface area (Å²) in [6, 6.07) is 4.04. The van der Waals surface area contributed by atoms with E-state index in [2.05, 4.69) is 14.1 Å². The van der Waals surface area contributed by atoms with Crippen LogP contribution < -0.4 is 5.32 Å². The Morgan fingerprint density at radius 2 is 2.31 bits per heavy atom. The van der Waals surface area contributed by atoms with Crippen LogP contribution >= 0.6 is 23.3 Å². The molecule has 0 bridgehead atoms. The van der Waals surface area contributed by atoms with Crippen molar-refractivity contribution in [3.05, 3.63) is 46.5 Å². The summed E-state index contributed by atoms with van der Waals surface area (Å²) in [6.45, 7) is 0. The maximum Gasteiger partial charge on any atom is 0.123 e. The maximum absolute atomic E-state index is 13.2. The molecule has 3 nitrogen and oxygen atoms in total. The van der Waals surface area contributed by atoms with Crippen LogP contribution in [0.5, 0.6) is 0 Å². The average molecular weight is 258 g/mol. The summed E-state index contributed by atoms with van der Waals surface area (Å²) in [6.07, 6.45) is 1.65. The van der Waals surface area contributed by atoms with Crippen molar-refractivity contribution in [2.24, 2.45) is 0 Å². The summed E-state index contributed by atoms with van der Waals surface area (Å²) in [5, 5.41) is 3.55. The smallest absolute Gasteiger partial charge is 0.123 e. The fourth-order valence-corrected chi connectivity index (χ4v) is 2.17. The zero-order chi connectivity index (χ0) is 11.5. The second-order valence-corrected chi connectivity index (χ2v) is 4.18. The lowest BCUT2D eigenvalue weighted by atomic mass is 10.0. The van der Waals surface area contributed by atoms with E-state index >= 15 is 0 Å². The molecule has 0 aliphatic rings. The number of hydrogen-bond acceptors (Lipinski definition) is 4. The van der Waals surface area contributed by atoms with Crippen molar-refractivity contribution in [2.75, 3.05) is 7.05 Å². The summed E-state index contributed by atoms with van der Waals surface area (Å²) in [5.74, 6) is -0.317. The van der Waals surface area contributed by atoms with Crippen LogP contribution in [0.3, 0.4) is 0 Å². The second-order valence-electron chi connectivity index (χ2n) is 3.22. The van der Waals surface area contributed by atoms with Crippen LogP contribution in [-0.2, 0) is 0 Å². The highest BCUT2D eigenvalue weighted by molar-refractivity contribution is 6.99. The molecule has 0 saturated carbocycles. The molecule has 0 spiro atoms. The minimum absolute atomic E-state index is 0.234. The molecule has 1 atom stereocenters. The first-order chi connectivity index (χ1) is 7.72. The Hall–Kier alpha value is -1.04. The van der Waals surface area contributed by atoms with Crippen molar-refractivity contribution in [2.45, 2.75) is 6.04 Å². The van der Waals surface area contributed by atoms with E-state index in [1.165, 1.54) is 18.2 Å². The zero-order valence-corrected chi connectivity index (χ0v) is 10.0. The van der Waals surface area contributed by atoms with Crippen LogP contribution in [0, 0.1) is 5.82 Å². The SMILES string of the molecule is CNC(c1cnsn1)c1cc(F)ccc1Cl. The van der Waals surface area contributed by atoms with Crippen molar-refractivity contribution in [3.63, 3.8) is 0 Å². The van der Waals surface area contributed by atoms with Gasteiger partial charge in [-0.2, -0.15) is 8.75 Å². The summed E-state index contributed by atoms with van der Waals surface area (Å²) in [5.41, 5.74) is 1.40. The Kier molecular flexibility index (Phi) is 3.48. The van der Waals surface area contributed by atoms with Gasteiger partial charge in [0.15, 0.2) is 0 Å². The van der Waals surface area contributed by atoms with Gasteiger partial charge in [-0.1, -0.05) is 11.6 Å². The highest BCUT2D eigenvalue weighted by atomic mass is 35.5. The Bertz CT molecular complexity index is 475. The summed E-state index contributed by atoms with van der Waals surface area (Å²) in [4.78, 5) is 0. The number of hydrogen-bond donors (Lipinski definition) is 1. The number of aromatic nitrogens is 2. The van der Waals surface area contributed by atoms with Crippen molar-refractivity contribution in [3.8, 4) is 0 Å². The van der Waals surface area contributed by atoms with E-state index < -0.39 is 0 Å². The first kappa shape index (κ1) is 11.4. The quantitative estimate of drug-likeness (QED) is 0.919. The van der Waals surface area contributed by atoms with E-state index in [4.69, 9.17) is 11.6 Å². The number of rotatable bonds is 3. The molecule has 0 aliphatic heterocycles. The van der Waals surface area contributed by atoms with E-state index in [-0.39, 0.29) is 11.9 Å². The van der Waals surface area contributed by atoms with E-state index in [0.717, 1.165) is 17.4 Å². The molecule has 0 radical (unpaired) electrons. The predicted molar refractivity (Wildman–Crippen MR) is 62.2 cm³/mol. The molecular weight excluding hydrogens is 249 g/mol. The third-order valence-electron chi connectivity index (χ3n) is 2.23. The van der Waals surface area contributed by atoms with Crippen molar-refractivity contribution >= 4 is 23.3 Å². The average Bonchev–Trinajstić information content (AvgIpc) is 2.78. The minimum Gasteiger partial charge on any atom is -0.308 e. The zero-order valence-electron chi connectivity index (χ0n) is 8.45. The third kappa shape index (κ3) is 2.21. The molecule has 0 saturated heterocycles. The molecule has 1 N–H and O–H groups in total.